The van der Waals surface area contributed by atoms with E-state index in [-0.39, 0.29) is 23.9 Å². The predicted octanol–water partition coefficient (Wildman–Crippen LogP) is 6.05. The molecule has 50 heavy (non-hydrogen) atoms. The highest BCUT2D eigenvalue weighted by molar-refractivity contribution is 6.33. The van der Waals surface area contributed by atoms with E-state index in [1.54, 1.807) is 36.7 Å². The Kier molecular flexibility index (Phi) is 10.4. The minimum absolute atomic E-state index is 0.0437. The van der Waals surface area contributed by atoms with Crippen molar-refractivity contribution in [1.82, 2.24) is 35.7 Å². The Morgan fingerprint density at radius 1 is 0.740 bits per heavy atom. The summed E-state index contributed by atoms with van der Waals surface area (Å²) in [4.78, 5) is 39.8. The fourth-order valence-corrected chi connectivity index (χ4v) is 6.88. The zero-order valence-corrected chi connectivity index (χ0v) is 28.5. The van der Waals surface area contributed by atoms with Crippen LogP contribution in [0, 0.1) is 0 Å². The minimum Gasteiger partial charge on any atom is -0.356 e. The van der Waals surface area contributed by atoms with Gasteiger partial charge < -0.3 is 15.5 Å². The number of benzene rings is 2. The van der Waals surface area contributed by atoms with E-state index >= 15 is 0 Å². The number of hydrogen-bond acceptors (Lipinski definition) is 8. The Morgan fingerprint density at radius 3 is 2.14 bits per heavy atom. The van der Waals surface area contributed by atoms with Crippen LogP contribution in [0.5, 0.6) is 0 Å². The highest BCUT2D eigenvalue weighted by Gasteiger charge is 2.24. The number of halogens is 1. The monoisotopic (exact) mass is 686 g/mol. The van der Waals surface area contributed by atoms with Crippen molar-refractivity contribution in [1.29, 1.82) is 0 Å². The van der Waals surface area contributed by atoms with Gasteiger partial charge >= 0.3 is 0 Å². The SMILES string of the molecule is O=C(NC1CCN(Cc2ccc(N3CCC(NC(=O)c4cccc(-c5cccnc5)c4)CC3)nc2)CC1)c1ccc(Cl)c(-c2cccnn2)c1. The van der Waals surface area contributed by atoms with Gasteiger partial charge in [-0.3, -0.25) is 19.5 Å². The van der Waals surface area contributed by atoms with Crippen molar-refractivity contribution in [3.05, 3.63) is 125 Å². The fourth-order valence-electron chi connectivity index (χ4n) is 6.66. The highest BCUT2D eigenvalue weighted by Crippen LogP contribution is 2.27. The summed E-state index contributed by atoms with van der Waals surface area (Å²) in [5.41, 5.74) is 5.68. The number of piperidine rings is 2. The summed E-state index contributed by atoms with van der Waals surface area (Å²) >= 11 is 6.39. The number of pyridine rings is 2. The number of nitrogens with zero attached hydrogens (tertiary/aromatic N) is 6. The lowest BCUT2D eigenvalue weighted by molar-refractivity contribution is 0.0906. The molecule has 0 bridgehead atoms. The van der Waals surface area contributed by atoms with Gasteiger partial charge in [0.05, 0.1) is 10.7 Å². The van der Waals surface area contributed by atoms with Crippen LogP contribution in [0.1, 0.15) is 52.0 Å². The number of hydrogen-bond donors (Lipinski definition) is 2. The molecule has 254 valence electrons. The van der Waals surface area contributed by atoms with E-state index in [1.165, 1.54) is 5.56 Å². The molecule has 0 spiro atoms. The number of anilines is 1. The molecule has 0 radical (unpaired) electrons. The van der Waals surface area contributed by atoms with Crippen LogP contribution in [0.15, 0.2) is 104 Å². The first-order valence-corrected chi connectivity index (χ1v) is 17.5. The molecular formula is C39H39ClN8O2. The Balaban J connectivity index is 0.847. The smallest absolute Gasteiger partial charge is 0.251 e. The van der Waals surface area contributed by atoms with Gasteiger partial charge in [0.25, 0.3) is 11.8 Å². The molecule has 0 aliphatic carbocycles. The van der Waals surface area contributed by atoms with Crippen LogP contribution in [0.3, 0.4) is 0 Å². The van der Waals surface area contributed by atoms with E-state index in [0.717, 1.165) is 75.4 Å². The fraction of sp³-hybridized carbons (Fsp3) is 0.282. The van der Waals surface area contributed by atoms with Gasteiger partial charge in [0, 0.05) is 91.8 Å². The van der Waals surface area contributed by atoms with Gasteiger partial charge in [-0.25, -0.2) is 4.98 Å². The topological polar surface area (TPSA) is 116 Å². The number of likely N-dealkylation sites (tertiary alicyclic amines) is 1. The predicted molar refractivity (Wildman–Crippen MR) is 195 cm³/mol. The maximum absolute atomic E-state index is 13.1. The van der Waals surface area contributed by atoms with E-state index in [1.807, 2.05) is 54.9 Å². The molecular weight excluding hydrogens is 648 g/mol. The van der Waals surface area contributed by atoms with Crippen LogP contribution in [0.4, 0.5) is 5.82 Å². The number of amides is 2. The van der Waals surface area contributed by atoms with Gasteiger partial charge in [0.2, 0.25) is 0 Å². The largest absolute Gasteiger partial charge is 0.356 e. The molecule has 3 aromatic heterocycles. The molecule has 0 unspecified atom stereocenters. The molecule has 2 amide bonds. The van der Waals surface area contributed by atoms with Crippen molar-refractivity contribution in [3.8, 4) is 22.4 Å². The summed E-state index contributed by atoms with van der Waals surface area (Å²) in [5, 5.41) is 15.0. The van der Waals surface area contributed by atoms with E-state index in [4.69, 9.17) is 16.6 Å². The van der Waals surface area contributed by atoms with E-state index in [2.05, 4.69) is 47.7 Å². The normalized spacial score (nSPS) is 15.8. The quantitative estimate of drug-likeness (QED) is 0.193. The van der Waals surface area contributed by atoms with Crippen LogP contribution in [-0.2, 0) is 6.54 Å². The van der Waals surface area contributed by atoms with Crippen LogP contribution in [0.25, 0.3) is 22.4 Å². The average Bonchev–Trinajstić information content (AvgIpc) is 3.17. The van der Waals surface area contributed by atoms with Gasteiger partial charge in [-0.15, -0.1) is 0 Å². The van der Waals surface area contributed by atoms with Crippen LogP contribution in [0.2, 0.25) is 5.02 Å². The first-order chi connectivity index (χ1) is 24.5. The number of carbonyl (C=O) groups is 2. The molecule has 0 saturated carbocycles. The van der Waals surface area contributed by atoms with Crippen molar-refractivity contribution in [3.63, 3.8) is 0 Å². The summed E-state index contributed by atoms with van der Waals surface area (Å²) in [7, 11) is 0. The summed E-state index contributed by atoms with van der Waals surface area (Å²) in [6.07, 6.45) is 10.6. The van der Waals surface area contributed by atoms with Crippen molar-refractivity contribution >= 4 is 29.2 Å². The van der Waals surface area contributed by atoms with Crippen LogP contribution < -0.4 is 15.5 Å². The standard InChI is InChI=1S/C39H39ClN8O2/c40-35-10-9-30(23-34(35)36-7-3-17-43-46-36)39(50)44-32-12-18-47(19-13-32)26-27-8-11-37(42-24-27)48-20-14-33(15-21-48)45-38(49)29-5-1-4-28(22-29)31-6-2-16-41-25-31/h1-11,16-17,22-25,32-33H,12-15,18-21,26H2,(H,44,50)(H,45,49). The number of nitrogens with one attached hydrogen (secondary N) is 2. The third kappa shape index (κ3) is 8.15. The van der Waals surface area contributed by atoms with E-state index in [9.17, 15) is 9.59 Å². The van der Waals surface area contributed by atoms with Crippen molar-refractivity contribution in [2.75, 3.05) is 31.1 Å². The molecule has 2 saturated heterocycles. The Hall–Kier alpha value is -5.19. The van der Waals surface area contributed by atoms with Crippen molar-refractivity contribution < 1.29 is 9.59 Å². The van der Waals surface area contributed by atoms with Gasteiger partial charge in [-0.05, 0) is 91.4 Å². The van der Waals surface area contributed by atoms with Crippen LogP contribution >= 0.6 is 11.6 Å². The average molecular weight is 687 g/mol. The summed E-state index contributed by atoms with van der Waals surface area (Å²) in [6, 6.07) is 25.0. The summed E-state index contributed by atoms with van der Waals surface area (Å²) in [5.74, 6) is 0.814. The maximum atomic E-state index is 13.1. The van der Waals surface area contributed by atoms with Crippen LogP contribution in [-0.4, -0.2) is 75.1 Å². The number of aromatic nitrogens is 4. The molecule has 11 heteroatoms. The first-order valence-electron chi connectivity index (χ1n) is 17.1. The molecule has 5 aromatic rings. The summed E-state index contributed by atoms with van der Waals surface area (Å²) < 4.78 is 0. The van der Waals surface area contributed by atoms with Crippen molar-refractivity contribution in [2.24, 2.45) is 0 Å². The van der Waals surface area contributed by atoms with Gasteiger partial charge in [0.1, 0.15) is 5.82 Å². The molecule has 2 aromatic carbocycles. The molecule has 2 aliphatic heterocycles. The molecule has 7 rings (SSSR count). The van der Waals surface area contributed by atoms with Gasteiger partial charge in [-0.1, -0.05) is 35.9 Å². The molecule has 10 nitrogen and oxygen atoms in total. The van der Waals surface area contributed by atoms with Gasteiger partial charge in [-0.2, -0.15) is 10.2 Å². The molecule has 2 N–H and O–H groups in total. The third-order valence-corrected chi connectivity index (χ3v) is 9.82. The zero-order chi connectivity index (χ0) is 34.3. The molecule has 5 heterocycles. The highest BCUT2D eigenvalue weighted by atomic mass is 35.5. The Labute approximate surface area is 296 Å². The van der Waals surface area contributed by atoms with E-state index < -0.39 is 0 Å². The molecule has 2 aliphatic rings. The second-order valence-corrected chi connectivity index (χ2v) is 13.3. The first kappa shape index (κ1) is 33.3. The second-order valence-electron chi connectivity index (χ2n) is 12.9. The minimum atomic E-state index is -0.108. The molecule has 2 fully saturated rings. The second kappa shape index (κ2) is 15.6. The van der Waals surface area contributed by atoms with Gasteiger partial charge in [0.15, 0.2) is 0 Å². The summed E-state index contributed by atoms with van der Waals surface area (Å²) in [6.45, 7) is 4.28. The Morgan fingerprint density at radius 2 is 1.46 bits per heavy atom. The third-order valence-electron chi connectivity index (χ3n) is 9.49. The molecule has 0 atom stereocenters. The number of rotatable bonds is 9. The Bertz CT molecular complexity index is 1910. The van der Waals surface area contributed by atoms with E-state index in [0.29, 0.717) is 27.4 Å². The lowest BCUT2D eigenvalue weighted by atomic mass is 10.0. The lowest BCUT2D eigenvalue weighted by Gasteiger charge is -2.34. The van der Waals surface area contributed by atoms with Crippen molar-refractivity contribution in [2.45, 2.75) is 44.3 Å². The lowest BCUT2D eigenvalue weighted by Crippen LogP contribution is -2.45. The number of carbonyl (C=O) groups excluding carboxylic acids is 2. The zero-order valence-electron chi connectivity index (χ0n) is 27.7. The maximum Gasteiger partial charge on any atom is 0.251 e.